The Morgan fingerprint density at radius 2 is 1.77 bits per heavy atom. The zero-order valence-electron chi connectivity index (χ0n) is 23.0. The van der Waals surface area contributed by atoms with Gasteiger partial charge in [0, 0.05) is 43.3 Å². The van der Waals surface area contributed by atoms with Crippen LogP contribution in [0.3, 0.4) is 0 Å². The molecule has 2 aromatic carbocycles. The van der Waals surface area contributed by atoms with Crippen molar-refractivity contribution >= 4 is 23.5 Å². The van der Waals surface area contributed by atoms with Crippen molar-refractivity contribution in [1.29, 1.82) is 5.26 Å². The van der Waals surface area contributed by atoms with Gasteiger partial charge >= 0.3 is 6.03 Å². The van der Waals surface area contributed by atoms with Crippen molar-refractivity contribution in [3.8, 4) is 6.07 Å². The fourth-order valence-electron chi connectivity index (χ4n) is 4.72. The standard InChI is InChI=1S/C31H34N6O3/c1-21-6-9-25(29(39)37-15-12-24(13-16-37)23-10-7-22(18-32)8-11-23)17-27(21)35-30(40)36-31(2,3)20-34-28(38)26-5-4-14-33-19-26/h4-11,14,17,19,24H,12-13,15-16,20H2,1-3H3,(H,34,38)(H2,35,36,40). The van der Waals surface area contributed by atoms with Gasteiger partial charge in [0.1, 0.15) is 0 Å². The van der Waals surface area contributed by atoms with Crippen molar-refractivity contribution < 1.29 is 14.4 Å². The highest BCUT2D eigenvalue weighted by atomic mass is 16.2. The van der Waals surface area contributed by atoms with Crippen LogP contribution in [0.15, 0.2) is 67.0 Å². The molecule has 1 saturated heterocycles. The quantitative estimate of drug-likeness (QED) is 0.405. The Morgan fingerprint density at radius 3 is 2.42 bits per heavy atom. The Balaban J connectivity index is 1.32. The highest BCUT2D eigenvalue weighted by Gasteiger charge is 2.26. The Morgan fingerprint density at radius 1 is 1.05 bits per heavy atom. The summed E-state index contributed by atoms with van der Waals surface area (Å²) in [5, 5.41) is 17.6. The van der Waals surface area contributed by atoms with Crippen LogP contribution < -0.4 is 16.0 Å². The fourth-order valence-corrected chi connectivity index (χ4v) is 4.72. The lowest BCUT2D eigenvalue weighted by Gasteiger charge is -2.32. The maximum absolute atomic E-state index is 13.3. The molecule has 0 bridgehead atoms. The number of rotatable bonds is 7. The van der Waals surface area contributed by atoms with Crippen LogP contribution in [-0.2, 0) is 0 Å². The molecule has 3 N–H and O–H groups in total. The fraction of sp³-hybridized carbons (Fsp3) is 0.323. The third-order valence-electron chi connectivity index (χ3n) is 7.09. The van der Waals surface area contributed by atoms with E-state index < -0.39 is 11.6 Å². The van der Waals surface area contributed by atoms with E-state index in [1.807, 2.05) is 56.0 Å². The number of aromatic nitrogens is 1. The molecule has 1 fully saturated rings. The van der Waals surface area contributed by atoms with E-state index in [4.69, 9.17) is 5.26 Å². The van der Waals surface area contributed by atoms with Crippen LogP contribution in [0.4, 0.5) is 10.5 Å². The molecule has 1 aliphatic heterocycles. The third kappa shape index (κ3) is 7.23. The smallest absolute Gasteiger partial charge is 0.319 e. The van der Waals surface area contributed by atoms with Crippen molar-refractivity contribution in [2.45, 2.75) is 45.1 Å². The lowest BCUT2D eigenvalue weighted by atomic mass is 9.89. The minimum absolute atomic E-state index is 0.0693. The lowest BCUT2D eigenvalue weighted by molar-refractivity contribution is 0.0712. The van der Waals surface area contributed by atoms with Gasteiger partial charge in [0.2, 0.25) is 0 Å². The molecule has 0 aliphatic carbocycles. The highest BCUT2D eigenvalue weighted by Crippen LogP contribution is 2.29. The monoisotopic (exact) mass is 538 g/mol. The number of anilines is 1. The number of carbonyl (C=O) groups is 3. The van der Waals surface area contributed by atoms with Crippen LogP contribution in [0.1, 0.15) is 70.0 Å². The molecule has 0 saturated carbocycles. The molecule has 9 heteroatoms. The summed E-state index contributed by atoms with van der Waals surface area (Å²) in [5.41, 5.74) is 3.44. The summed E-state index contributed by atoms with van der Waals surface area (Å²) in [5.74, 6) is 0.0137. The number of pyridine rings is 1. The first-order chi connectivity index (χ1) is 19.1. The van der Waals surface area contributed by atoms with Gasteiger partial charge in [-0.05, 0) is 87.1 Å². The Kier molecular flexibility index (Phi) is 8.80. The summed E-state index contributed by atoms with van der Waals surface area (Å²) in [6.45, 7) is 6.98. The average Bonchev–Trinajstić information content (AvgIpc) is 2.97. The van der Waals surface area contributed by atoms with E-state index in [1.165, 1.54) is 11.8 Å². The number of amides is 4. The second-order valence-electron chi connectivity index (χ2n) is 10.7. The number of nitriles is 1. The zero-order valence-corrected chi connectivity index (χ0v) is 23.0. The van der Waals surface area contributed by atoms with Crippen molar-refractivity contribution in [2.75, 3.05) is 25.0 Å². The molecule has 4 amide bonds. The number of piperidine rings is 1. The largest absolute Gasteiger partial charge is 0.350 e. The van der Waals surface area contributed by atoms with E-state index in [0.717, 1.165) is 18.4 Å². The summed E-state index contributed by atoms with van der Waals surface area (Å²) in [4.78, 5) is 44.2. The van der Waals surface area contributed by atoms with Crippen LogP contribution in [0.5, 0.6) is 0 Å². The highest BCUT2D eigenvalue weighted by molar-refractivity contribution is 5.98. The van der Waals surface area contributed by atoms with Gasteiger partial charge in [-0.25, -0.2) is 4.79 Å². The zero-order chi connectivity index (χ0) is 28.7. The maximum atomic E-state index is 13.3. The molecule has 0 atom stereocenters. The van der Waals surface area contributed by atoms with Crippen LogP contribution in [0, 0.1) is 18.3 Å². The Labute approximate surface area is 234 Å². The van der Waals surface area contributed by atoms with Crippen molar-refractivity contribution in [2.24, 2.45) is 0 Å². The van der Waals surface area contributed by atoms with Gasteiger partial charge in [0.25, 0.3) is 11.8 Å². The first kappa shape index (κ1) is 28.3. The number of aryl methyl sites for hydroxylation is 1. The SMILES string of the molecule is Cc1ccc(C(=O)N2CCC(c3ccc(C#N)cc3)CC2)cc1NC(=O)NC(C)(C)CNC(=O)c1cccnc1. The predicted octanol–water partition coefficient (Wildman–Crippen LogP) is 4.61. The number of carbonyl (C=O) groups excluding carboxylic acids is 3. The normalized spacial score (nSPS) is 13.7. The molecule has 2 heterocycles. The average molecular weight is 539 g/mol. The summed E-state index contributed by atoms with van der Waals surface area (Å²) in [7, 11) is 0. The molecule has 1 aromatic heterocycles. The Bertz CT molecular complexity index is 1410. The summed E-state index contributed by atoms with van der Waals surface area (Å²) in [6.07, 6.45) is 4.78. The molecule has 40 heavy (non-hydrogen) atoms. The number of likely N-dealkylation sites (tertiary alicyclic amines) is 1. The predicted molar refractivity (Wildman–Crippen MR) is 153 cm³/mol. The number of hydrogen-bond acceptors (Lipinski definition) is 5. The maximum Gasteiger partial charge on any atom is 0.319 e. The number of hydrogen-bond donors (Lipinski definition) is 3. The first-order valence-corrected chi connectivity index (χ1v) is 13.3. The van der Waals surface area contributed by atoms with Crippen molar-refractivity contribution in [3.63, 3.8) is 0 Å². The number of nitrogens with zero attached hydrogens (tertiary/aromatic N) is 3. The third-order valence-corrected chi connectivity index (χ3v) is 7.09. The van der Waals surface area contributed by atoms with Gasteiger partial charge < -0.3 is 20.9 Å². The van der Waals surface area contributed by atoms with Gasteiger partial charge in [-0.2, -0.15) is 5.26 Å². The molecule has 0 radical (unpaired) electrons. The van der Waals surface area contributed by atoms with Crippen LogP contribution in [-0.4, -0.2) is 52.9 Å². The minimum Gasteiger partial charge on any atom is -0.350 e. The molecule has 206 valence electrons. The van der Waals surface area contributed by atoms with Gasteiger partial charge in [0.15, 0.2) is 0 Å². The lowest BCUT2D eigenvalue weighted by Crippen LogP contribution is -2.52. The van der Waals surface area contributed by atoms with Crippen molar-refractivity contribution in [1.82, 2.24) is 20.5 Å². The molecule has 4 rings (SSSR count). The summed E-state index contributed by atoms with van der Waals surface area (Å²) in [6, 6.07) is 18.1. The molecule has 3 aromatic rings. The van der Waals surface area contributed by atoms with E-state index in [1.54, 1.807) is 30.5 Å². The first-order valence-electron chi connectivity index (χ1n) is 13.3. The van der Waals surface area contributed by atoms with E-state index in [2.05, 4.69) is 27.0 Å². The van der Waals surface area contributed by atoms with Gasteiger partial charge in [-0.3, -0.25) is 14.6 Å². The van der Waals surface area contributed by atoms with Gasteiger partial charge in [-0.1, -0.05) is 18.2 Å². The number of nitrogens with one attached hydrogen (secondary N) is 3. The van der Waals surface area contributed by atoms with Crippen molar-refractivity contribution in [3.05, 3.63) is 94.8 Å². The van der Waals surface area contributed by atoms with Gasteiger partial charge in [0.05, 0.1) is 22.7 Å². The van der Waals surface area contributed by atoms with Crippen LogP contribution >= 0.6 is 0 Å². The molecule has 0 unspecified atom stereocenters. The molecule has 0 spiro atoms. The van der Waals surface area contributed by atoms with E-state index in [0.29, 0.717) is 41.4 Å². The van der Waals surface area contributed by atoms with Gasteiger partial charge in [-0.15, -0.1) is 0 Å². The minimum atomic E-state index is -0.734. The summed E-state index contributed by atoms with van der Waals surface area (Å²) >= 11 is 0. The van der Waals surface area contributed by atoms with E-state index >= 15 is 0 Å². The molecule has 1 aliphatic rings. The molecular formula is C31H34N6O3. The second kappa shape index (κ2) is 12.4. The molecular weight excluding hydrogens is 504 g/mol. The Hall–Kier alpha value is -4.71. The number of urea groups is 1. The summed E-state index contributed by atoms with van der Waals surface area (Å²) < 4.78 is 0. The molecule has 9 nitrogen and oxygen atoms in total. The van der Waals surface area contributed by atoms with E-state index in [-0.39, 0.29) is 18.4 Å². The number of benzene rings is 2. The van der Waals surface area contributed by atoms with Crippen LogP contribution in [0.2, 0.25) is 0 Å². The topological polar surface area (TPSA) is 127 Å². The second-order valence-corrected chi connectivity index (χ2v) is 10.7. The van der Waals surface area contributed by atoms with Crippen LogP contribution in [0.25, 0.3) is 0 Å². The van der Waals surface area contributed by atoms with E-state index in [9.17, 15) is 14.4 Å².